The summed E-state index contributed by atoms with van der Waals surface area (Å²) in [4.78, 5) is 11.3. The van der Waals surface area contributed by atoms with Crippen LogP contribution in [-0.2, 0) is 16.1 Å². The molecule has 0 amide bonds. The Kier molecular flexibility index (Phi) is 3.61. The van der Waals surface area contributed by atoms with Crippen molar-refractivity contribution in [3.05, 3.63) is 35.4 Å². The van der Waals surface area contributed by atoms with Crippen LogP contribution in [0.1, 0.15) is 50.2 Å². The van der Waals surface area contributed by atoms with E-state index in [1.54, 1.807) is 19.1 Å². The van der Waals surface area contributed by atoms with Gasteiger partial charge in [-0.2, -0.15) is 0 Å². The minimum absolute atomic E-state index is 0.0297. The molecule has 1 saturated carbocycles. The molecule has 104 valence electrons. The Hall–Kier alpha value is -1.45. The highest BCUT2D eigenvalue weighted by atomic mass is 19.3. The molecule has 0 aliphatic heterocycles. The highest BCUT2D eigenvalue weighted by molar-refractivity contribution is 5.82. The number of alkyl halides is 2. The summed E-state index contributed by atoms with van der Waals surface area (Å²) in [6.45, 7) is 1.72. The van der Waals surface area contributed by atoms with Crippen molar-refractivity contribution >= 4 is 5.97 Å². The zero-order valence-electron chi connectivity index (χ0n) is 11.0. The predicted molar refractivity (Wildman–Crippen MR) is 68.4 cm³/mol. The fraction of sp³-hybridized carbons (Fsp3) is 0.533. The molecule has 4 heteroatoms. The van der Waals surface area contributed by atoms with Crippen LogP contribution in [0.15, 0.2) is 24.3 Å². The molecule has 1 N–H and O–H groups in total. The van der Waals surface area contributed by atoms with Gasteiger partial charge in [-0.1, -0.05) is 44.0 Å². The molecule has 0 bridgehead atoms. The van der Waals surface area contributed by atoms with E-state index in [-0.39, 0.29) is 12.0 Å². The summed E-state index contributed by atoms with van der Waals surface area (Å²) < 4.78 is 27.4. The summed E-state index contributed by atoms with van der Waals surface area (Å²) >= 11 is 0. The van der Waals surface area contributed by atoms with Crippen LogP contribution in [-0.4, -0.2) is 11.1 Å². The second-order valence-electron chi connectivity index (χ2n) is 5.27. The molecule has 2 nitrogen and oxygen atoms in total. The van der Waals surface area contributed by atoms with Crippen molar-refractivity contribution in [1.29, 1.82) is 0 Å². The minimum atomic E-state index is -2.83. The first kappa shape index (κ1) is 14.0. The molecular weight excluding hydrogens is 250 g/mol. The van der Waals surface area contributed by atoms with Crippen LogP contribution in [0.3, 0.4) is 0 Å². The molecule has 1 aliphatic rings. The predicted octanol–water partition coefficient (Wildman–Crippen LogP) is 4.08. The maximum atomic E-state index is 13.7. The number of rotatable bonds is 5. The molecule has 0 aromatic heterocycles. The van der Waals surface area contributed by atoms with Crippen molar-refractivity contribution in [3.63, 3.8) is 0 Å². The van der Waals surface area contributed by atoms with E-state index in [0.29, 0.717) is 24.8 Å². The lowest BCUT2D eigenvalue weighted by molar-refractivity contribution is -0.147. The molecule has 0 spiro atoms. The van der Waals surface area contributed by atoms with Gasteiger partial charge in [-0.05, 0) is 18.4 Å². The van der Waals surface area contributed by atoms with Gasteiger partial charge in [-0.15, -0.1) is 0 Å². The van der Waals surface area contributed by atoms with Crippen molar-refractivity contribution in [2.24, 2.45) is 0 Å². The third-order valence-corrected chi connectivity index (χ3v) is 4.04. The topological polar surface area (TPSA) is 37.3 Å². The number of carbonyl (C=O) groups is 1. The standard InChI is InChI=1S/C15H18F2O2/c1-2-8-15(16,17)12-6-4-11(5-7-12)14(13(18)19)9-3-10-14/h4-7H,2-3,8-10H2,1H3,(H,18,19). The smallest absolute Gasteiger partial charge is 0.314 e. The fourth-order valence-corrected chi connectivity index (χ4v) is 2.65. The van der Waals surface area contributed by atoms with Gasteiger partial charge in [0.25, 0.3) is 5.92 Å². The molecule has 0 radical (unpaired) electrons. The molecule has 1 fully saturated rings. The van der Waals surface area contributed by atoms with E-state index in [9.17, 15) is 18.7 Å². The van der Waals surface area contributed by atoms with E-state index < -0.39 is 17.3 Å². The molecule has 0 atom stereocenters. The van der Waals surface area contributed by atoms with Crippen molar-refractivity contribution in [1.82, 2.24) is 0 Å². The largest absolute Gasteiger partial charge is 0.481 e. The van der Waals surface area contributed by atoms with E-state index >= 15 is 0 Å². The van der Waals surface area contributed by atoms with Crippen molar-refractivity contribution < 1.29 is 18.7 Å². The van der Waals surface area contributed by atoms with E-state index in [4.69, 9.17) is 0 Å². The first-order valence-electron chi connectivity index (χ1n) is 6.64. The van der Waals surface area contributed by atoms with Gasteiger partial charge < -0.3 is 5.11 Å². The Labute approximate surface area is 111 Å². The number of carboxylic acid groups (broad SMARTS) is 1. The van der Waals surface area contributed by atoms with Crippen LogP contribution in [0.4, 0.5) is 8.78 Å². The Balaban J connectivity index is 2.26. The molecule has 1 aromatic rings. The Morgan fingerprint density at radius 1 is 1.32 bits per heavy atom. The van der Waals surface area contributed by atoms with E-state index in [1.807, 2.05) is 0 Å². The van der Waals surface area contributed by atoms with Crippen molar-refractivity contribution in [3.8, 4) is 0 Å². The third-order valence-electron chi connectivity index (χ3n) is 4.04. The molecule has 0 heterocycles. The molecule has 1 aromatic carbocycles. The SMILES string of the molecule is CCCC(F)(F)c1ccc(C2(C(=O)O)CCC2)cc1. The first-order chi connectivity index (χ1) is 8.92. The van der Waals surface area contributed by atoms with Crippen LogP contribution in [0.25, 0.3) is 0 Å². The van der Waals surface area contributed by atoms with Crippen molar-refractivity contribution in [2.75, 3.05) is 0 Å². The number of hydrogen-bond donors (Lipinski definition) is 1. The van der Waals surface area contributed by atoms with Gasteiger partial charge in [0.05, 0.1) is 5.41 Å². The highest BCUT2D eigenvalue weighted by Gasteiger charge is 2.46. The van der Waals surface area contributed by atoms with Gasteiger partial charge in [0.15, 0.2) is 0 Å². The van der Waals surface area contributed by atoms with Gasteiger partial charge in [0.2, 0.25) is 0 Å². The average Bonchev–Trinajstić information content (AvgIpc) is 2.27. The molecular formula is C15H18F2O2. The number of halogens is 2. The van der Waals surface area contributed by atoms with Crippen molar-refractivity contribution in [2.45, 2.75) is 50.4 Å². The Morgan fingerprint density at radius 2 is 1.89 bits per heavy atom. The molecule has 19 heavy (non-hydrogen) atoms. The number of hydrogen-bond acceptors (Lipinski definition) is 1. The summed E-state index contributed by atoms with van der Waals surface area (Å²) in [7, 11) is 0. The maximum Gasteiger partial charge on any atom is 0.314 e. The van der Waals surface area contributed by atoms with Crippen LogP contribution < -0.4 is 0 Å². The lowest BCUT2D eigenvalue weighted by atomic mass is 9.64. The molecule has 2 rings (SSSR count). The Morgan fingerprint density at radius 3 is 2.26 bits per heavy atom. The fourth-order valence-electron chi connectivity index (χ4n) is 2.65. The van der Waals surface area contributed by atoms with Gasteiger partial charge in [0, 0.05) is 12.0 Å². The van der Waals surface area contributed by atoms with Crippen LogP contribution in [0.2, 0.25) is 0 Å². The zero-order chi connectivity index (χ0) is 14.1. The van der Waals surface area contributed by atoms with Crippen LogP contribution >= 0.6 is 0 Å². The Bertz CT molecular complexity index is 462. The van der Waals surface area contributed by atoms with E-state index in [2.05, 4.69) is 0 Å². The summed E-state index contributed by atoms with van der Waals surface area (Å²) in [5, 5.41) is 9.30. The van der Waals surface area contributed by atoms with E-state index in [1.165, 1.54) is 12.1 Å². The molecule has 0 saturated heterocycles. The maximum absolute atomic E-state index is 13.7. The summed E-state index contributed by atoms with van der Waals surface area (Å²) in [5.74, 6) is -3.68. The average molecular weight is 268 g/mol. The highest BCUT2D eigenvalue weighted by Crippen LogP contribution is 2.44. The van der Waals surface area contributed by atoms with Gasteiger partial charge >= 0.3 is 5.97 Å². The second kappa shape index (κ2) is 4.91. The van der Waals surface area contributed by atoms with Crippen LogP contribution in [0, 0.1) is 0 Å². The number of carboxylic acids is 1. The monoisotopic (exact) mass is 268 g/mol. The quantitative estimate of drug-likeness (QED) is 0.873. The summed E-state index contributed by atoms with van der Waals surface area (Å²) in [6.07, 6.45) is 2.28. The third kappa shape index (κ3) is 2.36. The first-order valence-corrected chi connectivity index (χ1v) is 6.64. The molecule has 1 aliphatic carbocycles. The lowest BCUT2D eigenvalue weighted by Crippen LogP contribution is -2.42. The number of benzene rings is 1. The lowest BCUT2D eigenvalue weighted by Gasteiger charge is -2.38. The van der Waals surface area contributed by atoms with Gasteiger partial charge in [-0.25, -0.2) is 8.78 Å². The van der Waals surface area contributed by atoms with Crippen LogP contribution in [0.5, 0.6) is 0 Å². The minimum Gasteiger partial charge on any atom is -0.481 e. The van der Waals surface area contributed by atoms with Gasteiger partial charge in [-0.3, -0.25) is 4.79 Å². The summed E-state index contributed by atoms with van der Waals surface area (Å²) in [5.41, 5.74) is -0.237. The summed E-state index contributed by atoms with van der Waals surface area (Å²) in [6, 6.07) is 5.83. The molecule has 0 unspecified atom stereocenters. The number of aliphatic carboxylic acids is 1. The van der Waals surface area contributed by atoms with Gasteiger partial charge in [0.1, 0.15) is 0 Å². The second-order valence-corrected chi connectivity index (χ2v) is 5.27. The normalized spacial score (nSPS) is 17.8. The zero-order valence-corrected chi connectivity index (χ0v) is 11.0. The van der Waals surface area contributed by atoms with E-state index in [0.717, 1.165) is 6.42 Å².